The van der Waals surface area contributed by atoms with Gasteiger partial charge in [-0.1, -0.05) is 23.8 Å². The maximum Gasteiger partial charge on any atom is 0.317 e. The highest BCUT2D eigenvalue weighted by atomic mass is 16.5. The zero-order chi connectivity index (χ0) is 13.8. The van der Waals surface area contributed by atoms with Crippen molar-refractivity contribution in [3.05, 3.63) is 58.9 Å². The van der Waals surface area contributed by atoms with Crippen molar-refractivity contribution in [2.24, 2.45) is 0 Å². The molecule has 0 saturated heterocycles. The Morgan fingerprint density at radius 2 is 1.84 bits per heavy atom. The molecule has 0 aliphatic carbocycles. The lowest BCUT2D eigenvalue weighted by Gasteiger charge is -2.11. The molecule has 0 radical (unpaired) electrons. The second-order valence-electron chi connectivity index (χ2n) is 4.70. The van der Waals surface area contributed by atoms with E-state index in [0.29, 0.717) is 5.75 Å². The first-order valence-electron chi connectivity index (χ1n) is 6.24. The minimum atomic E-state index is -0.284. The van der Waals surface area contributed by atoms with Crippen LogP contribution in [-0.2, 0) is 11.2 Å². The third kappa shape index (κ3) is 3.41. The molecule has 0 bridgehead atoms. The van der Waals surface area contributed by atoms with Crippen LogP contribution in [0.25, 0.3) is 0 Å². The number of aryl methyl sites for hydroxylation is 3. The van der Waals surface area contributed by atoms with Crippen LogP contribution in [0.1, 0.15) is 22.4 Å². The molecular formula is C16H17NO2. The van der Waals surface area contributed by atoms with Crippen LogP contribution in [0.5, 0.6) is 5.75 Å². The Labute approximate surface area is 113 Å². The van der Waals surface area contributed by atoms with Crippen LogP contribution in [-0.4, -0.2) is 11.0 Å². The van der Waals surface area contributed by atoms with Gasteiger partial charge < -0.3 is 4.74 Å². The molecule has 0 aliphatic rings. The largest absolute Gasteiger partial charge is 0.426 e. The molecule has 0 aliphatic heterocycles. The van der Waals surface area contributed by atoms with Gasteiger partial charge in [0.1, 0.15) is 5.75 Å². The summed E-state index contributed by atoms with van der Waals surface area (Å²) in [7, 11) is 0. The quantitative estimate of drug-likeness (QED) is 0.624. The summed E-state index contributed by atoms with van der Waals surface area (Å²) >= 11 is 0. The number of carbonyl (C=O) groups excluding carboxylic acids is 1. The number of nitrogens with zero attached hydrogens (tertiary/aromatic N) is 1. The Hall–Kier alpha value is -2.16. The van der Waals surface area contributed by atoms with E-state index in [2.05, 4.69) is 4.98 Å². The maximum atomic E-state index is 11.9. The molecular weight excluding hydrogens is 238 g/mol. The molecule has 0 unspecified atom stereocenters. The second kappa shape index (κ2) is 5.65. The molecule has 0 amide bonds. The number of hydrogen-bond acceptors (Lipinski definition) is 3. The minimum Gasteiger partial charge on any atom is -0.426 e. The van der Waals surface area contributed by atoms with Gasteiger partial charge in [-0.25, -0.2) is 0 Å². The summed E-state index contributed by atoms with van der Waals surface area (Å²) in [5, 5.41) is 0. The Morgan fingerprint density at radius 1 is 1.16 bits per heavy atom. The molecule has 1 aromatic carbocycles. The lowest BCUT2D eigenvalue weighted by Crippen LogP contribution is -2.13. The molecule has 0 atom stereocenters. The van der Waals surface area contributed by atoms with Crippen molar-refractivity contribution in [3.63, 3.8) is 0 Å². The van der Waals surface area contributed by atoms with Gasteiger partial charge in [0.05, 0.1) is 12.1 Å². The monoisotopic (exact) mass is 255 g/mol. The van der Waals surface area contributed by atoms with Crippen LogP contribution >= 0.6 is 0 Å². The third-order valence-corrected chi connectivity index (χ3v) is 2.87. The van der Waals surface area contributed by atoms with Crippen LogP contribution in [0.15, 0.2) is 36.5 Å². The molecule has 3 heteroatoms. The maximum absolute atomic E-state index is 11.9. The van der Waals surface area contributed by atoms with Gasteiger partial charge in [-0.15, -0.1) is 0 Å². The number of rotatable bonds is 3. The fourth-order valence-corrected chi connectivity index (χ4v) is 2.13. The van der Waals surface area contributed by atoms with Gasteiger partial charge in [0.25, 0.3) is 0 Å². The van der Waals surface area contributed by atoms with Gasteiger partial charge >= 0.3 is 5.97 Å². The fraction of sp³-hybridized carbons (Fsp3) is 0.250. The van der Waals surface area contributed by atoms with Crippen molar-refractivity contribution in [2.45, 2.75) is 27.2 Å². The van der Waals surface area contributed by atoms with Crippen LogP contribution in [0.2, 0.25) is 0 Å². The van der Waals surface area contributed by atoms with E-state index < -0.39 is 0 Å². The molecule has 98 valence electrons. The Bertz CT molecular complexity index is 568. The van der Waals surface area contributed by atoms with Crippen molar-refractivity contribution < 1.29 is 9.53 Å². The summed E-state index contributed by atoms with van der Waals surface area (Å²) < 4.78 is 5.46. The van der Waals surface area contributed by atoms with Crippen molar-refractivity contribution in [3.8, 4) is 5.75 Å². The number of hydrogen-bond donors (Lipinski definition) is 0. The van der Waals surface area contributed by atoms with Crippen molar-refractivity contribution in [2.75, 3.05) is 0 Å². The summed E-state index contributed by atoms with van der Waals surface area (Å²) in [5.41, 5.74) is 3.84. The number of carbonyl (C=O) groups is 1. The average Bonchev–Trinajstić information content (AvgIpc) is 2.35. The highest BCUT2D eigenvalue weighted by Crippen LogP contribution is 2.24. The van der Waals surface area contributed by atoms with E-state index in [4.69, 9.17) is 4.74 Å². The number of ether oxygens (including phenoxy) is 1. The van der Waals surface area contributed by atoms with Crippen molar-refractivity contribution >= 4 is 5.97 Å². The van der Waals surface area contributed by atoms with Crippen LogP contribution < -0.4 is 4.74 Å². The predicted octanol–water partition coefficient (Wildman–Crippen LogP) is 3.15. The zero-order valence-electron chi connectivity index (χ0n) is 11.4. The fourth-order valence-electron chi connectivity index (χ4n) is 2.13. The van der Waals surface area contributed by atoms with E-state index >= 15 is 0 Å². The minimum absolute atomic E-state index is 0.188. The van der Waals surface area contributed by atoms with Gasteiger partial charge in [0, 0.05) is 6.20 Å². The summed E-state index contributed by atoms with van der Waals surface area (Å²) in [6.07, 6.45) is 1.86. The SMILES string of the molecule is Cc1cc(C)c(OC(=O)Cc2ccccn2)c(C)c1. The topological polar surface area (TPSA) is 39.2 Å². The third-order valence-electron chi connectivity index (χ3n) is 2.87. The number of pyridine rings is 1. The molecule has 1 aromatic heterocycles. The van der Waals surface area contributed by atoms with E-state index in [-0.39, 0.29) is 12.4 Å². The van der Waals surface area contributed by atoms with Crippen LogP contribution in [0.4, 0.5) is 0 Å². The van der Waals surface area contributed by atoms with E-state index in [9.17, 15) is 4.79 Å². The van der Waals surface area contributed by atoms with Gasteiger partial charge in [0.2, 0.25) is 0 Å². The summed E-state index contributed by atoms with van der Waals surface area (Å²) in [5.74, 6) is 0.375. The molecule has 0 N–H and O–H groups in total. The van der Waals surface area contributed by atoms with E-state index in [1.165, 1.54) is 5.56 Å². The molecule has 2 aromatic rings. The van der Waals surface area contributed by atoms with Gasteiger partial charge in [-0.2, -0.15) is 0 Å². The van der Waals surface area contributed by atoms with Crippen LogP contribution in [0, 0.1) is 20.8 Å². The smallest absolute Gasteiger partial charge is 0.317 e. The lowest BCUT2D eigenvalue weighted by atomic mass is 10.1. The Kier molecular flexibility index (Phi) is 3.95. The first kappa shape index (κ1) is 13.3. The Morgan fingerprint density at radius 3 is 2.42 bits per heavy atom. The molecule has 3 nitrogen and oxygen atoms in total. The molecule has 0 spiro atoms. The lowest BCUT2D eigenvalue weighted by molar-refractivity contribution is -0.133. The number of esters is 1. The highest BCUT2D eigenvalue weighted by molar-refractivity contribution is 5.75. The first-order chi connectivity index (χ1) is 9.06. The summed E-state index contributed by atoms with van der Waals surface area (Å²) in [4.78, 5) is 16.0. The van der Waals surface area contributed by atoms with Gasteiger partial charge in [-0.05, 0) is 44.0 Å². The predicted molar refractivity (Wildman–Crippen MR) is 74.2 cm³/mol. The molecule has 0 saturated carbocycles. The average molecular weight is 255 g/mol. The molecule has 1 heterocycles. The molecule has 0 fully saturated rings. The summed E-state index contributed by atoms with van der Waals surface area (Å²) in [6, 6.07) is 9.52. The highest BCUT2D eigenvalue weighted by Gasteiger charge is 2.11. The molecule has 2 rings (SSSR count). The van der Waals surface area contributed by atoms with Gasteiger partial charge in [-0.3, -0.25) is 9.78 Å². The number of benzene rings is 1. The van der Waals surface area contributed by atoms with E-state index in [1.807, 2.05) is 51.1 Å². The van der Waals surface area contributed by atoms with Crippen molar-refractivity contribution in [1.82, 2.24) is 4.98 Å². The summed E-state index contributed by atoms with van der Waals surface area (Å²) in [6.45, 7) is 5.92. The van der Waals surface area contributed by atoms with Crippen LogP contribution in [0.3, 0.4) is 0 Å². The zero-order valence-corrected chi connectivity index (χ0v) is 11.4. The normalized spacial score (nSPS) is 10.3. The molecule has 19 heavy (non-hydrogen) atoms. The van der Waals surface area contributed by atoms with E-state index in [0.717, 1.165) is 16.8 Å². The first-order valence-corrected chi connectivity index (χ1v) is 6.24. The van der Waals surface area contributed by atoms with Gasteiger partial charge in [0.15, 0.2) is 0 Å². The van der Waals surface area contributed by atoms with E-state index in [1.54, 1.807) is 6.20 Å². The Balaban J connectivity index is 2.12. The second-order valence-corrected chi connectivity index (χ2v) is 4.70. The standard InChI is InChI=1S/C16H17NO2/c1-11-8-12(2)16(13(3)9-11)19-15(18)10-14-6-4-5-7-17-14/h4-9H,10H2,1-3H3. The van der Waals surface area contributed by atoms with Crippen molar-refractivity contribution in [1.29, 1.82) is 0 Å². The number of aromatic nitrogens is 1.